The van der Waals surface area contributed by atoms with Gasteiger partial charge in [0.25, 0.3) is 0 Å². The Morgan fingerprint density at radius 1 is 1.05 bits per heavy atom. The van der Waals surface area contributed by atoms with Crippen molar-refractivity contribution in [2.24, 2.45) is 0 Å². The largest absolute Gasteiger partial charge is 0.397 e. The van der Waals surface area contributed by atoms with E-state index < -0.39 is 0 Å². The van der Waals surface area contributed by atoms with Crippen molar-refractivity contribution in [1.29, 1.82) is 0 Å². The number of nitrogens with zero attached hydrogens (tertiary/aromatic N) is 3. The molecule has 0 spiro atoms. The van der Waals surface area contributed by atoms with Crippen LogP contribution in [0.1, 0.15) is 5.69 Å². The lowest BCUT2D eigenvalue weighted by Crippen LogP contribution is -2.02. The van der Waals surface area contributed by atoms with Crippen LogP contribution in [0.15, 0.2) is 49.1 Å². The van der Waals surface area contributed by atoms with Crippen LogP contribution in [0, 0.1) is 0 Å². The molecule has 0 amide bonds. The van der Waals surface area contributed by atoms with Crippen molar-refractivity contribution in [3.05, 3.63) is 54.7 Å². The van der Waals surface area contributed by atoms with Gasteiger partial charge in [0.05, 0.1) is 23.4 Å². The molecule has 5 nitrogen and oxygen atoms in total. The van der Waals surface area contributed by atoms with Crippen LogP contribution in [-0.2, 0) is 6.54 Å². The summed E-state index contributed by atoms with van der Waals surface area (Å²) < 4.78 is 0. The van der Waals surface area contributed by atoms with Gasteiger partial charge in [0.2, 0.25) is 0 Å². The molecule has 2 aromatic heterocycles. The van der Waals surface area contributed by atoms with Crippen molar-refractivity contribution in [3.63, 3.8) is 0 Å². The fourth-order valence-electron chi connectivity index (χ4n) is 1.96. The van der Waals surface area contributed by atoms with E-state index in [-0.39, 0.29) is 0 Å². The van der Waals surface area contributed by atoms with Gasteiger partial charge in [0.15, 0.2) is 0 Å². The highest BCUT2D eigenvalue weighted by Crippen LogP contribution is 2.25. The van der Waals surface area contributed by atoms with E-state index in [1.54, 1.807) is 18.7 Å². The van der Waals surface area contributed by atoms with Crippen LogP contribution >= 0.6 is 0 Å². The lowest BCUT2D eigenvalue weighted by Gasteiger charge is -2.09. The summed E-state index contributed by atoms with van der Waals surface area (Å²) in [6, 6.07) is 9.59. The number of hydrogen-bond donors (Lipinski definition) is 2. The van der Waals surface area contributed by atoms with E-state index in [9.17, 15) is 0 Å². The first kappa shape index (κ1) is 11.4. The second-order valence-corrected chi connectivity index (χ2v) is 4.16. The molecule has 19 heavy (non-hydrogen) atoms. The lowest BCUT2D eigenvalue weighted by atomic mass is 10.1. The Kier molecular flexibility index (Phi) is 2.94. The van der Waals surface area contributed by atoms with Gasteiger partial charge in [-0.2, -0.15) is 0 Å². The fourth-order valence-corrected chi connectivity index (χ4v) is 1.96. The molecular weight excluding hydrogens is 238 g/mol. The number of aromatic nitrogens is 3. The quantitative estimate of drug-likeness (QED) is 0.698. The number of nitrogen functional groups attached to an aromatic ring is 1. The third kappa shape index (κ3) is 2.30. The number of nitrogens with two attached hydrogens (primary N) is 1. The highest BCUT2D eigenvalue weighted by Gasteiger charge is 2.04. The SMILES string of the molecule is Nc1cccc2c(NCc3ccncn3)ccnc12. The fraction of sp³-hybridized carbons (Fsp3) is 0.0714. The summed E-state index contributed by atoms with van der Waals surface area (Å²) >= 11 is 0. The smallest absolute Gasteiger partial charge is 0.115 e. The minimum atomic E-state index is 0.635. The Balaban J connectivity index is 1.91. The Morgan fingerprint density at radius 2 is 2.00 bits per heavy atom. The highest BCUT2D eigenvalue weighted by molar-refractivity contribution is 5.97. The summed E-state index contributed by atoms with van der Waals surface area (Å²) in [5.74, 6) is 0. The Bertz CT molecular complexity index is 697. The van der Waals surface area contributed by atoms with Gasteiger partial charge in [0, 0.05) is 23.5 Å². The van der Waals surface area contributed by atoms with E-state index in [4.69, 9.17) is 5.73 Å². The number of rotatable bonds is 3. The number of nitrogens with one attached hydrogen (secondary N) is 1. The minimum Gasteiger partial charge on any atom is -0.397 e. The number of benzene rings is 1. The first-order valence-corrected chi connectivity index (χ1v) is 5.96. The standard InChI is InChI=1S/C14H13N5/c15-12-3-1-2-11-13(5-7-17-14(11)12)18-8-10-4-6-16-9-19-10/h1-7,9H,8,15H2,(H,17,18). The minimum absolute atomic E-state index is 0.635. The molecule has 0 aliphatic heterocycles. The maximum Gasteiger partial charge on any atom is 0.115 e. The number of pyridine rings is 1. The first-order chi connectivity index (χ1) is 9.34. The summed E-state index contributed by atoms with van der Waals surface area (Å²) in [6.07, 6.45) is 5.02. The summed E-state index contributed by atoms with van der Waals surface area (Å²) in [4.78, 5) is 12.4. The van der Waals surface area contributed by atoms with E-state index in [1.165, 1.54) is 0 Å². The molecule has 0 unspecified atom stereocenters. The molecule has 94 valence electrons. The maximum absolute atomic E-state index is 5.92. The van der Waals surface area contributed by atoms with Gasteiger partial charge in [-0.25, -0.2) is 9.97 Å². The summed E-state index contributed by atoms with van der Waals surface area (Å²) in [5, 5.41) is 4.36. The topological polar surface area (TPSA) is 76.7 Å². The molecule has 0 radical (unpaired) electrons. The molecule has 3 N–H and O–H groups in total. The molecule has 0 aliphatic carbocycles. The molecule has 0 fully saturated rings. The molecule has 3 rings (SSSR count). The zero-order valence-electron chi connectivity index (χ0n) is 10.2. The van der Waals surface area contributed by atoms with Crippen LogP contribution < -0.4 is 11.1 Å². The highest BCUT2D eigenvalue weighted by atomic mass is 14.9. The average Bonchev–Trinajstić information content (AvgIpc) is 2.47. The Morgan fingerprint density at radius 3 is 2.84 bits per heavy atom. The van der Waals surface area contributed by atoms with Crippen LogP contribution in [0.4, 0.5) is 11.4 Å². The van der Waals surface area contributed by atoms with Crippen molar-refractivity contribution in [2.45, 2.75) is 6.54 Å². The van der Waals surface area contributed by atoms with Gasteiger partial charge in [-0.3, -0.25) is 4.98 Å². The van der Waals surface area contributed by atoms with E-state index in [2.05, 4.69) is 20.3 Å². The van der Waals surface area contributed by atoms with Gasteiger partial charge < -0.3 is 11.1 Å². The summed E-state index contributed by atoms with van der Waals surface area (Å²) in [7, 11) is 0. The molecule has 0 atom stereocenters. The molecule has 0 aliphatic rings. The van der Waals surface area contributed by atoms with Gasteiger partial charge in [-0.1, -0.05) is 12.1 Å². The normalized spacial score (nSPS) is 10.5. The van der Waals surface area contributed by atoms with E-state index >= 15 is 0 Å². The first-order valence-electron chi connectivity index (χ1n) is 5.96. The Hall–Kier alpha value is -2.69. The zero-order chi connectivity index (χ0) is 13.1. The van der Waals surface area contributed by atoms with Crippen molar-refractivity contribution in [2.75, 3.05) is 11.1 Å². The van der Waals surface area contributed by atoms with Crippen molar-refractivity contribution in [1.82, 2.24) is 15.0 Å². The summed E-state index contributed by atoms with van der Waals surface area (Å²) in [6.45, 7) is 0.635. The van der Waals surface area contributed by atoms with Gasteiger partial charge in [-0.05, 0) is 18.2 Å². The van der Waals surface area contributed by atoms with E-state index in [0.717, 1.165) is 22.3 Å². The van der Waals surface area contributed by atoms with Crippen molar-refractivity contribution < 1.29 is 0 Å². The van der Waals surface area contributed by atoms with Crippen molar-refractivity contribution >= 4 is 22.3 Å². The second kappa shape index (κ2) is 4.89. The van der Waals surface area contributed by atoms with Crippen LogP contribution in [0.3, 0.4) is 0 Å². The number of fused-ring (bicyclic) bond motifs is 1. The van der Waals surface area contributed by atoms with E-state index in [1.807, 2.05) is 30.3 Å². The zero-order valence-corrected chi connectivity index (χ0v) is 10.2. The molecule has 0 bridgehead atoms. The monoisotopic (exact) mass is 251 g/mol. The molecule has 3 aromatic rings. The van der Waals surface area contributed by atoms with Crippen molar-refractivity contribution in [3.8, 4) is 0 Å². The maximum atomic E-state index is 5.92. The van der Waals surface area contributed by atoms with Crippen LogP contribution in [-0.4, -0.2) is 15.0 Å². The molecule has 1 aromatic carbocycles. The molecule has 0 saturated heterocycles. The lowest BCUT2D eigenvalue weighted by molar-refractivity contribution is 1.01. The third-order valence-corrected chi connectivity index (χ3v) is 2.91. The summed E-state index contributed by atoms with van der Waals surface area (Å²) in [5.41, 5.74) is 9.35. The molecule has 2 heterocycles. The molecule has 0 saturated carbocycles. The molecule has 5 heteroatoms. The van der Waals surface area contributed by atoms with Gasteiger partial charge in [-0.15, -0.1) is 0 Å². The Labute approximate surface area is 110 Å². The third-order valence-electron chi connectivity index (χ3n) is 2.91. The van der Waals surface area contributed by atoms with Crippen LogP contribution in [0.5, 0.6) is 0 Å². The second-order valence-electron chi connectivity index (χ2n) is 4.16. The predicted molar refractivity (Wildman–Crippen MR) is 75.5 cm³/mol. The number of para-hydroxylation sites is 1. The van der Waals surface area contributed by atoms with Crippen LogP contribution in [0.2, 0.25) is 0 Å². The number of hydrogen-bond acceptors (Lipinski definition) is 5. The van der Waals surface area contributed by atoms with E-state index in [0.29, 0.717) is 12.2 Å². The number of anilines is 2. The average molecular weight is 251 g/mol. The van der Waals surface area contributed by atoms with Gasteiger partial charge in [0.1, 0.15) is 6.33 Å². The van der Waals surface area contributed by atoms with Gasteiger partial charge >= 0.3 is 0 Å². The molecular formula is C14H13N5. The predicted octanol–water partition coefficient (Wildman–Crippen LogP) is 2.22. The van der Waals surface area contributed by atoms with Crippen LogP contribution in [0.25, 0.3) is 10.9 Å².